The summed E-state index contributed by atoms with van der Waals surface area (Å²) in [5, 5.41) is 2.30. The largest absolute Gasteiger partial charge is 0.303 e. The lowest BCUT2D eigenvalue weighted by atomic mass is 9.89. The molecule has 0 aromatic heterocycles. The first-order chi connectivity index (χ1) is 18.0. The molecular weight excluding hydrogens is 476 g/mol. The van der Waals surface area contributed by atoms with Gasteiger partial charge in [0.1, 0.15) is 0 Å². The summed E-state index contributed by atoms with van der Waals surface area (Å²) in [5.74, 6) is 0.643. The molecule has 192 valence electrons. The SMILES string of the molecule is CN(C(CCCN1CCC(c2ccccc2)CC1)c1ccc2ccccc2c1)S(=O)(=O)c1ccccc1. The van der Waals surface area contributed by atoms with Gasteiger partial charge in [0.2, 0.25) is 10.0 Å². The molecule has 1 fully saturated rings. The Morgan fingerprint density at radius 2 is 1.43 bits per heavy atom. The molecule has 1 heterocycles. The van der Waals surface area contributed by atoms with Crippen LogP contribution in [-0.2, 0) is 10.0 Å². The zero-order chi connectivity index (χ0) is 25.7. The Morgan fingerprint density at radius 3 is 2.14 bits per heavy atom. The summed E-state index contributed by atoms with van der Waals surface area (Å²) in [6.45, 7) is 3.18. The van der Waals surface area contributed by atoms with Gasteiger partial charge in [0.15, 0.2) is 0 Å². The number of likely N-dealkylation sites (tertiary alicyclic amines) is 1. The molecule has 1 aliphatic heterocycles. The van der Waals surface area contributed by atoms with E-state index in [0.29, 0.717) is 10.8 Å². The molecular formula is C32H36N2O2S. The third kappa shape index (κ3) is 5.96. The number of piperidine rings is 1. The molecule has 0 amide bonds. The standard InChI is InChI=1S/C32H36N2O2S/c1-33(37(35,36)31-15-6-3-7-16-31)32(30-19-18-27-13-8-9-14-29(27)25-30)17-10-22-34-23-20-28(21-24-34)26-11-4-2-5-12-26/h2-9,11-16,18-19,25,28,32H,10,17,20-24H2,1H3. The number of hydrogen-bond acceptors (Lipinski definition) is 3. The van der Waals surface area contributed by atoms with E-state index in [9.17, 15) is 8.42 Å². The van der Waals surface area contributed by atoms with Crippen molar-refractivity contribution in [2.75, 3.05) is 26.7 Å². The highest BCUT2D eigenvalue weighted by molar-refractivity contribution is 7.89. The summed E-state index contributed by atoms with van der Waals surface area (Å²) in [6.07, 6.45) is 4.09. The molecule has 37 heavy (non-hydrogen) atoms. The van der Waals surface area contributed by atoms with Gasteiger partial charge in [-0.25, -0.2) is 8.42 Å². The number of benzene rings is 4. The van der Waals surface area contributed by atoms with Crippen molar-refractivity contribution in [2.24, 2.45) is 0 Å². The summed E-state index contributed by atoms with van der Waals surface area (Å²) >= 11 is 0. The Labute approximate surface area is 221 Å². The van der Waals surface area contributed by atoms with Crippen molar-refractivity contribution in [1.29, 1.82) is 0 Å². The molecule has 0 aliphatic carbocycles. The van der Waals surface area contributed by atoms with Gasteiger partial charge in [-0.15, -0.1) is 0 Å². The molecule has 4 aromatic rings. The number of nitrogens with zero attached hydrogens (tertiary/aromatic N) is 2. The highest BCUT2D eigenvalue weighted by atomic mass is 32.2. The van der Waals surface area contributed by atoms with E-state index in [0.717, 1.165) is 43.4 Å². The number of fused-ring (bicyclic) bond motifs is 1. The third-order valence-electron chi connectivity index (χ3n) is 7.83. The minimum atomic E-state index is -3.61. The first kappa shape index (κ1) is 25.7. The zero-order valence-corrected chi connectivity index (χ0v) is 22.4. The molecule has 4 aromatic carbocycles. The highest BCUT2D eigenvalue weighted by Crippen LogP contribution is 2.33. The van der Waals surface area contributed by atoms with Gasteiger partial charge >= 0.3 is 0 Å². The summed E-state index contributed by atoms with van der Waals surface area (Å²) in [5.41, 5.74) is 2.50. The lowest BCUT2D eigenvalue weighted by Gasteiger charge is -2.33. The second-order valence-electron chi connectivity index (χ2n) is 10.1. The van der Waals surface area contributed by atoms with Crippen LogP contribution in [0, 0.1) is 0 Å². The first-order valence-corrected chi connectivity index (χ1v) is 14.8. The van der Waals surface area contributed by atoms with E-state index in [4.69, 9.17) is 0 Å². The van der Waals surface area contributed by atoms with Crippen LogP contribution in [0.1, 0.15) is 48.8 Å². The van der Waals surface area contributed by atoms with Crippen LogP contribution in [0.4, 0.5) is 0 Å². The van der Waals surface area contributed by atoms with E-state index in [-0.39, 0.29) is 6.04 Å². The maximum Gasteiger partial charge on any atom is 0.243 e. The minimum Gasteiger partial charge on any atom is -0.303 e. The van der Waals surface area contributed by atoms with Crippen molar-refractivity contribution < 1.29 is 8.42 Å². The number of rotatable bonds is 9. The Hall–Kier alpha value is -2.99. The average Bonchev–Trinajstić information content (AvgIpc) is 2.96. The molecule has 0 radical (unpaired) electrons. The fourth-order valence-electron chi connectivity index (χ4n) is 5.62. The molecule has 5 rings (SSSR count). The maximum absolute atomic E-state index is 13.6. The quantitative estimate of drug-likeness (QED) is 0.246. The van der Waals surface area contributed by atoms with E-state index in [2.05, 4.69) is 65.6 Å². The predicted octanol–water partition coefficient (Wildman–Crippen LogP) is 6.86. The van der Waals surface area contributed by atoms with E-state index < -0.39 is 10.0 Å². The smallest absolute Gasteiger partial charge is 0.243 e. The Kier molecular flexibility index (Phi) is 8.04. The first-order valence-electron chi connectivity index (χ1n) is 13.3. The maximum atomic E-state index is 13.6. The van der Waals surface area contributed by atoms with Crippen LogP contribution in [0.15, 0.2) is 108 Å². The minimum absolute atomic E-state index is 0.225. The molecule has 1 saturated heterocycles. The lowest BCUT2D eigenvalue weighted by molar-refractivity contribution is 0.202. The average molecular weight is 513 g/mol. The molecule has 1 atom stereocenters. The van der Waals surface area contributed by atoms with E-state index in [1.165, 1.54) is 23.8 Å². The monoisotopic (exact) mass is 512 g/mol. The van der Waals surface area contributed by atoms with Crippen molar-refractivity contribution in [2.45, 2.75) is 42.5 Å². The summed E-state index contributed by atoms with van der Waals surface area (Å²) in [4.78, 5) is 2.88. The fourth-order valence-corrected chi connectivity index (χ4v) is 7.02. The van der Waals surface area contributed by atoms with Gasteiger partial charge in [0.25, 0.3) is 0 Å². The second kappa shape index (κ2) is 11.6. The van der Waals surface area contributed by atoms with Crippen LogP contribution in [0.3, 0.4) is 0 Å². The van der Waals surface area contributed by atoms with Gasteiger partial charge in [-0.05, 0) is 91.3 Å². The molecule has 4 nitrogen and oxygen atoms in total. The topological polar surface area (TPSA) is 40.6 Å². The second-order valence-corrected chi connectivity index (χ2v) is 12.1. The van der Waals surface area contributed by atoms with E-state index >= 15 is 0 Å². The third-order valence-corrected chi connectivity index (χ3v) is 9.71. The van der Waals surface area contributed by atoms with Crippen molar-refractivity contribution in [1.82, 2.24) is 9.21 Å². The van der Waals surface area contributed by atoms with Crippen molar-refractivity contribution in [3.63, 3.8) is 0 Å². The molecule has 1 aliphatic rings. The van der Waals surface area contributed by atoms with Crippen LogP contribution in [0.25, 0.3) is 10.8 Å². The van der Waals surface area contributed by atoms with Crippen LogP contribution < -0.4 is 0 Å². The predicted molar refractivity (Wildman–Crippen MR) is 152 cm³/mol. The van der Waals surface area contributed by atoms with Gasteiger partial charge in [0, 0.05) is 13.1 Å². The fraction of sp³-hybridized carbons (Fsp3) is 0.312. The Bertz CT molecular complexity index is 1400. The molecule has 0 saturated carbocycles. The summed E-state index contributed by atoms with van der Waals surface area (Å²) < 4.78 is 28.7. The van der Waals surface area contributed by atoms with Gasteiger partial charge in [-0.1, -0.05) is 84.9 Å². The highest BCUT2D eigenvalue weighted by Gasteiger charge is 2.29. The van der Waals surface area contributed by atoms with Crippen molar-refractivity contribution in [3.8, 4) is 0 Å². The van der Waals surface area contributed by atoms with Crippen LogP contribution in [-0.4, -0.2) is 44.3 Å². The number of hydrogen-bond donors (Lipinski definition) is 0. The van der Waals surface area contributed by atoms with Gasteiger partial charge in [-0.2, -0.15) is 4.31 Å². The molecule has 0 spiro atoms. The van der Waals surface area contributed by atoms with Crippen LogP contribution in [0.2, 0.25) is 0 Å². The van der Waals surface area contributed by atoms with Crippen LogP contribution >= 0.6 is 0 Å². The molecule has 5 heteroatoms. The van der Waals surface area contributed by atoms with E-state index in [1.807, 2.05) is 18.2 Å². The van der Waals surface area contributed by atoms with E-state index in [1.54, 1.807) is 35.6 Å². The molecule has 0 bridgehead atoms. The molecule has 1 unspecified atom stereocenters. The summed E-state index contributed by atoms with van der Waals surface area (Å²) in [6, 6.07) is 34.0. The van der Waals surface area contributed by atoms with Crippen molar-refractivity contribution in [3.05, 3.63) is 114 Å². The molecule has 0 N–H and O–H groups in total. The summed E-state index contributed by atoms with van der Waals surface area (Å²) in [7, 11) is -1.88. The Balaban J connectivity index is 1.30. The van der Waals surface area contributed by atoms with Gasteiger partial charge in [-0.3, -0.25) is 0 Å². The van der Waals surface area contributed by atoms with Gasteiger partial charge < -0.3 is 4.90 Å². The normalized spacial score (nSPS) is 16.3. The zero-order valence-electron chi connectivity index (χ0n) is 21.5. The van der Waals surface area contributed by atoms with Gasteiger partial charge in [0.05, 0.1) is 4.90 Å². The Morgan fingerprint density at radius 1 is 0.811 bits per heavy atom. The van der Waals surface area contributed by atoms with Crippen molar-refractivity contribution >= 4 is 20.8 Å². The number of sulfonamides is 1. The lowest BCUT2D eigenvalue weighted by Crippen LogP contribution is -2.35. The van der Waals surface area contributed by atoms with Crippen LogP contribution in [0.5, 0.6) is 0 Å².